The van der Waals surface area contributed by atoms with E-state index >= 15 is 0 Å². The number of hydrogen-bond donors (Lipinski definition) is 0. The van der Waals surface area contributed by atoms with E-state index in [-0.39, 0.29) is 16.6 Å². The largest absolute Gasteiger partial charge is 0.207 e. The van der Waals surface area contributed by atoms with Gasteiger partial charge in [0.05, 0.1) is 0 Å². The second-order valence-electron chi connectivity index (χ2n) is 5.80. The fourth-order valence-corrected chi connectivity index (χ4v) is 2.00. The molecule has 0 radical (unpaired) electrons. The summed E-state index contributed by atoms with van der Waals surface area (Å²) in [5.41, 5.74) is 2.41. The second-order valence-corrected chi connectivity index (χ2v) is 6.32. The zero-order valence-corrected chi connectivity index (χ0v) is 11.9. The van der Waals surface area contributed by atoms with Gasteiger partial charge in [-0.15, -0.1) is 11.6 Å². The number of halogens is 2. The number of benzene rings is 1. The molecule has 96 valence electrons. The van der Waals surface area contributed by atoms with Crippen molar-refractivity contribution < 1.29 is 4.39 Å². The summed E-state index contributed by atoms with van der Waals surface area (Å²) in [7, 11) is 0. The molecular weight excluding hydrogens is 235 g/mol. The second kappa shape index (κ2) is 5.86. The van der Waals surface area contributed by atoms with Crippen LogP contribution in [0.5, 0.6) is 0 Å². The standard InChI is InChI=1S/C15H22ClF/c1-11-10-13(17)9-8-12(11)6-5-7-14(16)15(2,3)4/h8-10,14H,5-7H2,1-4H3. The first-order valence-corrected chi connectivity index (χ1v) is 6.63. The molecule has 0 amide bonds. The van der Waals surface area contributed by atoms with Crippen LogP contribution in [0.2, 0.25) is 0 Å². The predicted molar refractivity (Wildman–Crippen MR) is 73.2 cm³/mol. The molecule has 0 N–H and O–H groups in total. The Balaban J connectivity index is 2.46. The molecule has 1 aromatic rings. The minimum Gasteiger partial charge on any atom is -0.207 e. The molecule has 1 aromatic carbocycles. The van der Waals surface area contributed by atoms with E-state index in [1.54, 1.807) is 6.07 Å². The maximum atomic E-state index is 12.9. The van der Waals surface area contributed by atoms with Crippen molar-refractivity contribution in [2.24, 2.45) is 5.41 Å². The van der Waals surface area contributed by atoms with Gasteiger partial charge in [0.1, 0.15) is 5.82 Å². The van der Waals surface area contributed by atoms with Gasteiger partial charge in [-0.25, -0.2) is 4.39 Å². The van der Waals surface area contributed by atoms with E-state index in [0.29, 0.717) is 0 Å². The minimum absolute atomic E-state index is 0.152. The van der Waals surface area contributed by atoms with Crippen LogP contribution in [0, 0.1) is 18.2 Å². The molecule has 0 saturated heterocycles. The van der Waals surface area contributed by atoms with Crippen molar-refractivity contribution >= 4 is 11.6 Å². The fourth-order valence-electron chi connectivity index (χ4n) is 1.84. The monoisotopic (exact) mass is 256 g/mol. The van der Waals surface area contributed by atoms with Crippen molar-refractivity contribution in [2.45, 2.75) is 52.3 Å². The smallest absolute Gasteiger partial charge is 0.123 e. The van der Waals surface area contributed by atoms with Gasteiger partial charge in [-0.1, -0.05) is 26.8 Å². The number of aryl methyl sites for hydroxylation is 2. The van der Waals surface area contributed by atoms with Gasteiger partial charge in [0, 0.05) is 5.38 Å². The van der Waals surface area contributed by atoms with E-state index in [9.17, 15) is 4.39 Å². The van der Waals surface area contributed by atoms with Gasteiger partial charge in [-0.2, -0.15) is 0 Å². The van der Waals surface area contributed by atoms with Crippen molar-refractivity contribution in [1.29, 1.82) is 0 Å². The van der Waals surface area contributed by atoms with E-state index in [0.717, 1.165) is 24.8 Å². The van der Waals surface area contributed by atoms with Crippen LogP contribution in [0.3, 0.4) is 0 Å². The molecule has 0 aliphatic carbocycles. The highest BCUT2D eigenvalue weighted by Crippen LogP contribution is 2.28. The van der Waals surface area contributed by atoms with Crippen LogP contribution in [0.15, 0.2) is 18.2 Å². The Morgan fingerprint density at radius 2 is 1.94 bits per heavy atom. The molecule has 0 aliphatic rings. The van der Waals surface area contributed by atoms with E-state index in [1.807, 2.05) is 13.0 Å². The first-order valence-electron chi connectivity index (χ1n) is 6.20. The van der Waals surface area contributed by atoms with E-state index < -0.39 is 0 Å². The maximum absolute atomic E-state index is 12.9. The molecule has 0 aromatic heterocycles. The average molecular weight is 257 g/mol. The van der Waals surface area contributed by atoms with Crippen molar-refractivity contribution in [3.63, 3.8) is 0 Å². The molecule has 1 rings (SSSR count). The molecule has 17 heavy (non-hydrogen) atoms. The highest BCUT2D eigenvalue weighted by molar-refractivity contribution is 6.21. The third-order valence-corrected chi connectivity index (χ3v) is 4.02. The Morgan fingerprint density at radius 3 is 2.47 bits per heavy atom. The third kappa shape index (κ3) is 4.67. The molecule has 0 bridgehead atoms. The summed E-state index contributed by atoms with van der Waals surface area (Å²) in [6.07, 6.45) is 3.03. The Hall–Kier alpha value is -0.560. The highest BCUT2D eigenvalue weighted by Gasteiger charge is 2.21. The van der Waals surface area contributed by atoms with E-state index in [4.69, 9.17) is 11.6 Å². The summed E-state index contributed by atoms with van der Waals surface area (Å²) in [5.74, 6) is -0.156. The molecule has 0 heterocycles. The summed E-state index contributed by atoms with van der Waals surface area (Å²) in [6, 6.07) is 5.01. The zero-order chi connectivity index (χ0) is 13.1. The first kappa shape index (κ1) is 14.5. The lowest BCUT2D eigenvalue weighted by atomic mass is 9.88. The normalized spacial score (nSPS) is 13.8. The lowest BCUT2D eigenvalue weighted by molar-refractivity contribution is 0.369. The van der Waals surface area contributed by atoms with Crippen LogP contribution < -0.4 is 0 Å². The summed E-state index contributed by atoms with van der Waals surface area (Å²) < 4.78 is 12.9. The first-order chi connectivity index (χ1) is 7.80. The van der Waals surface area contributed by atoms with Crippen LogP contribution in [0.4, 0.5) is 4.39 Å². The van der Waals surface area contributed by atoms with Gasteiger partial charge in [0.2, 0.25) is 0 Å². The van der Waals surface area contributed by atoms with Gasteiger partial charge >= 0.3 is 0 Å². The van der Waals surface area contributed by atoms with Crippen LogP contribution in [-0.4, -0.2) is 5.38 Å². The summed E-state index contributed by atoms with van der Waals surface area (Å²) in [6.45, 7) is 8.44. The van der Waals surface area contributed by atoms with Crippen molar-refractivity contribution in [1.82, 2.24) is 0 Å². The van der Waals surface area contributed by atoms with Crippen LogP contribution in [0.1, 0.15) is 44.7 Å². The average Bonchev–Trinajstić information content (AvgIpc) is 2.19. The minimum atomic E-state index is -0.156. The highest BCUT2D eigenvalue weighted by atomic mass is 35.5. The van der Waals surface area contributed by atoms with Crippen molar-refractivity contribution in [2.75, 3.05) is 0 Å². The van der Waals surface area contributed by atoms with E-state index in [2.05, 4.69) is 20.8 Å². The van der Waals surface area contributed by atoms with Crippen LogP contribution in [0.25, 0.3) is 0 Å². The Bertz CT molecular complexity index is 366. The number of alkyl halides is 1. The third-order valence-electron chi connectivity index (χ3n) is 3.15. The topological polar surface area (TPSA) is 0 Å². The van der Waals surface area contributed by atoms with E-state index in [1.165, 1.54) is 11.6 Å². The molecule has 1 unspecified atom stereocenters. The molecule has 0 aliphatic heterocycles. The Morgan fingerprint density at radius 1 is 1.29 bits per heavy atom. The molecule has 1 atom stereocenters. The Labute approximate surface area is 109 Å². The Kier molecular flexibility index (Phi) is 5.00. The van der Waals surface area contributed by atoms with Crippen LogP contribution in [-0.2, 0) is 6.42 Å². The molecule has 0 fully saturated rings. The quantitative estimate of drug-likeness (QED) is 0.657. The van der Waals surface area contributed by atoms with Gasteiger partial charge in [0.25, 0.3) is 0 Å². The van der Waals surface area contributed by atoms with Crippen molar-refractivity contribution in [3.8, 4) is 0 Å². The lowest BCUT2D eigenvalue weighted by Crippen LogP contribution is -2.20. The summed E-state index contributed by atoms with van der Waals surface area (Å²) in [4.78, 5) is 0. The van der Waals surface area contributed by atoms with Gasteiger partial charge in [0.15, 0.2) is 0 Å². The van der Waals surface area contributed by atoms with Crippen molar-refractivity contribution in [3.05, 3.63) is 35.1 Å². The lowest BCUT2D eigenvalue weighted by Gasteiger charge is -2.25. The molecule has 0 saturated carbocycles. The van der Waals surface area contributed by atoms with Gasteiger partial charge < -0.3 is 0 Å². The predicted octanol–water partition coefficient (Wildman–Crippen LogP) is 5.11. The van der Waals surface area contributed by atoms with Gasteiger partial charge in [-0.3, -0.25) is 0 Å². The zero-order valence-electron chi connectivity index (χ0n) is 11.2. The number of hydrogen-bond acceptors (Lipinski definition) is 0. The summed E-state index contributed by atoms with van der Waals surface area (Å²) >= 11 is 6.33. The molecule has 2 heteroatoms. The van der Waals surface area contributed by atoms with Gasteiger partial charge in [-0.05, 0) is 54.9 Å². The van der Waals surface area contributed by atoms with Crippen LogP contribution >= 0.6 is 11.6 Å². The SMILES string of the molecule is Cc1cc(F)ccc1CCCC(Cl)C(C)(C)C. The maximum Gasteiger partial charge on any atom is 0.123 e. The molecular formula is C15H22ClF. The fraction of sp³-hybridized carbons (Fsp3) is 0.600. The summed E-state index contributed by atoms with van der Waals surface area (Å²) in [5, 5.41) is 0.197. The molecule has 0 nitrogen and oxygen atoms in total. The molecule has 0 spiro atoms. The number of rotatable bonds is 4.